The molecule has 1 aromatic heterocycles. The molecule has 0 aliphatic heterocycles. The normalized spacial score (nSPS) is 12.5. The summed E-state index contributed by atoms with van der Waals surface area (Å²) in [6.07, 6.45) is 1.97. The van der Waals surface area contributed by atoms with Crippen molar-refractivity contribution in [3.05, 3.63) is 222 Å². The lowest BCUT2D eigenvalue weighted by molar-refractivity contribution is 0.772. The highest BCUT2D eigenvalue weighted by atomic mass is 14.7. The number of nitriles is 1. The maximum atomic E-state index is 9.57. The van der Waals surface area contributed by atoms with Crippen molar-refractivity contribution in [1.82, 2.24) is 4.98 Å². The summed E-state index contributed by atoms with van der Waals surface area (Å²) in [5.74, 6) is 0. The minimum absolute atomic E-state index is 0.607. The molecule has 0 saturated heterocycles. The molecule has 0 N–H and O–H groups in total. The molecule has 0 radical (unpaired) electrons. The van der Waals surface area contributed by atoms with Gasteiger partial charge < -0.3 is 0 Å². The van der Waals surface area contributed by atoms with Crippen molar-refractivity contribution in [1.29, 1.82) is 5.26 Å². The second-order valence-corrected chi connectivity index (χ2v) is 13.0. The van der Waals surface area contributed by atoms with Gasteiger partial charge in [-0.25, -0.2) is 0 Å². The third-order valence-corrected chi connectivity index (χ3v) is 10.3. The number of rotatable bonds is 6. The number of benzene rings is 7. The zero-order valence-corrected chi connectivity index (χ0v) is 27.9. The Hall–Kier alpha value is -6.82. The first-order valence-electron chi connectivity index (χ1n) is 17.3. The van der Waals surface area contributed by atoms with Crippen LogP contribution < -0.4 is 0 Å². The van der Waals surface area contributed by atoms with E-state index in [1.807, 2.05) is 36.5 Å². The molecule has 0 saturated carbocycles. The summed E-state index contributed by atoms with van der Waals surface area (Å²) in [7, 11) is 0. The lowest BCUT2D eigenvalue weighted by atomic mass is 9.64. The lowest BCUT2D eigenvalue weighted by Gasteiger charge is -2.36. The van der Waals surface area contributed by atoms with Crippen molar-refractivity contribution >= 4 is 0 Å². The summed E-state index contributed by atoms with van der Waals surface area (Å²) >= 11 is 0. The average Bonchev–Trinajstić information content (AvgIpc) is 3.54. The molecule has 8 aromatic rings. The molecular formula is C49H32N2. The van der Waals surface area contributed by atoms with Gasteiger partial charge in [-0.1, -0.05) is 170 Å². The van der Waals surface area contributed by atoms with E-state index >= 15 is 0 Å². The van der Waals surface area contributed by atoms with Crippen LogP contribution in [0, 0.1) is 11.3 Å². The largest absolute Gasteiger partial charge is 0.256 e. The molecule has 2 nitrogen and oxygen atoms in total. The Bertz CT molecular complexity index is 2490. The molecule has 0 spiro atoms. The van der Waals surface area contributed by atoms with E-state index in [1.54, 1.807) is 0 Å². The summed E-state index contributed by atoms with van der Waals surface area (Å²) in [4.78, 5) is 4.79. The van der Waals surface area contributed by atoms with Crippen LogP contribution in [0.2, 0.25) is 0 Å². The minimum Gasteiger partial charge on any atom is -0.256 e. The van der Waals surface area contributed by atoms with Crippen molar-refractivity contribution in [3.8, 4) is 61.8 Å². The number of nitrogens with zero attached hydrogens (tertiary/aromatic N) is 2. The van der Waals surface area contributed by atoms with E-state index in [0.717, 1.165) is 39.1 Å². The van der Waals surface area contributed by atoms with E-state index in [0.29, 0.717) is 5.56 Å². The molecular weight excluding hydrogens is 617 g/mol. The van der Waals surface area contributed by atoms with Gasteiger partial charge >= 0.3 is 0 Å². The van der Waals surface area contributed by atoms with Gasteiger partial charge in [-0.3, -0.25) is 4.98 Å². The van der Waals surface area contributed by atoms with Crippen molar-refractivity contribution < 1.29 is 0 Å². The maximum absolute atomic E-state index is 9.57. The van der Waals surface area contributed by atoms with E-state index in [2.05, 4.69) is 164 Å². The zero-order chi connectivity index (χ0) is 34.2. The monoisotopic (exact) mass is 648 g/mol. The number of pyridine rings is 1. The Labute approximate surface area is 298 Å². The van der Waals surface area contributed by atoms with Crippen molar-refractivity contribution in [2.45, 2.75) is 5.41 Å². The number of aromatic nitrogens is 1. The van der Waals surface area contributed by atoms with Crippen LogP contribution in [0.25, 0.3) is 55.8 Å². The summed E-state index contributed by atoms with van der Waals surface area (Å²) in [5.41, 5.74) is 16.4. The zero-order valence-electron chi connectivity index (χ0n) is 27.9. The van der Waals surface area contributed by atoms with Gasteiger partial charge in [0.05, 0.1) is 22.7 Å². The quantitative estimate of drug-likeness (QED) is 0.180. The Kier molecular flexibility index (Phi) is 7.46. The van der Waals surface area contributed by atoms with Gasteiger partial charge in [-0.2, -0.15) is 5.26 Å². The number of fused-ring (bicyclic) bond motifs is 3. The predicted octanol–water partition coefficient (Wildman–Crippen LogP) is 12.0. The molecule has 0 atom stereocenters. The highest BCUT2D eigenvalue weighted by molar-refractivity contribution is 5.97. The number of hydrogen-bond donors (Lipinski definition) is 0. The third-order valence-electron chi connectivity index (χ3n) is 10.3. The fourth-order valence-electron chi connectivity index (χ4n) is 8.00. The number of hydrogen-bond acceptors (Lipinski definition) is 2. The van der Waals surface area contributed by atoms with Gasteiger partial charge in [-0.15, -0.1) is 0 Å². The van der Waals surface area contributed by atoms with Crippen LogP contribution in [0.3, 0.4) is 0 Å². The smallest absolute Gasteiger partial charge is 0.0991 e. The van der Waals surface area contributed by atoms with Gasteiger partial charge in [0, 0.05) is 17.3 Å². The summed E-state index contributed by atoms with van der Waals surface area (Å²) in [5, 5.41) is 9.57. The second-order valence-electron chi connectivity index (χ2n) is 13.0. The first-order chi connectivity index (χ1) is 25.3. The van der Waals surface area contributed by atoms with Crippen LogP contribution in [0.4, 0.5) is 0 Å². The highest BCUT2D eigenvalue weighted by Gasteiger charge is 2.49. The standard InChI is InChI=1S/C49H32N2/c50-32-34-22-24-36(25-23-34)42-18-10-20-44-45-21-11-19-43(48(45)49(47(42)44,40-14-6-2-7-15-40)41-16-8-3-9-17-41)37-28-26-35(27-29-37)39-30-31-46(51-33-39)38-12-4-1-5-13-38/h1-31,33H. The molecule has 7 aromatic carbocycles. The lowest BCUT2D eigenvalue weighted by Crippen LogP contribution is -2.30. The van der Waals surface area contributed by atoms with Crippen LogP contribution in [0.15, 0.2) is 194 Å². The average molecular weight is 649 g/mol. The van der Waals surface area contributed by atoms with E-state index < -0.39 is 5.41 Å². The molecule has 0 bridgehead atoms. The molecule has 1 aliphatic rings. The molecule has 51 heavy (non-hydrogen) atoms. The molecule has 0 amide bonds. The molecule has 1 aliphatic carbocycles. The summed E-state index contributed by atoms with van der Waals surface area (Å²) < 4.78 is 0. The van der Waals surface area contributed by atoms with E-state index in [9.17, 15) is 5.26 Å². The predicted molar refractivity (Wildman–Crippen MR) is 208 cm³/mol. The first kappa shape index (κ1) is 30.3. The SMILES string of the molecule is N#Cc1ccc(-c2cccc3c2C(c2ccccc2)(c2ccccc2)c2c(-c4ccc(-c5ccc(-c6ccccc6)nc5)cc4)cccc2-3)cc1. The van der Waals surface area contributed by atoms with Crippen molar-refractivity contribution in [3.63, 3.8) is 0 Å². The molecule has 9 rings (SSSR count). The van der Waals surface area contributed by atoms with Crippen LogP contribution in [-0.2, 0) is 5.41 Å². The molecule has 0 unspecified atom stereocenters. The molecule has 0 fully saturated rings. The Morgan fingerprint density at radius 1 is 0.373 bits per heavy atom. The van der Waals surface area contributed by atoms with E-state index in [-0.39, 0.29) is 0 Å². The van der Waals surface area contributed by atoms with Crippen molar-refractivity contribution in [2.24, 2.45) is 0 Å². The maximum Gasteiger partial charge on any atom is 0.0991 e. The molecule has 238 valence electrons. The molecule has 2 heteroatoms. The van der Waals surface area contributed by atoms with Gasteiger partial charge in [0.15, 0.2) is 0 Å². The van der Waals surface area contributed by atoms with Crippen LogP contribution in [0.1, 0.15) is 27.8 Å². The van der Waals surface area contributed by atoms with E-state index in [1.165, 1.54) is 38.9 Å². The van der Waals surface area contributed by atoms with Crippen LogP contribution >= 0.6 is 0 Å². The topological polar surface area (TPSA) is 36.7 Å². The third kappa shape index (κ3) is 4.99. The van der Waals surface area contributed by atoms with Crippen LogP contribution in [-0.4, -0.2) is 4.98 Å². The second kappa shape index (κ2) is 12.6. The van der Waals surface area contributed by atoms with Gasteiger partial charge in [-0.05, 0) is 79.4 Å². The molecule has 1 heterocycles. The fourth-order valence-corrected chi connectivity index (χ4v) is 8.00. The Morgan fingerprint density at radius 2 is 0.824 bits per heavy atom. The van der Waals surface area contributed by atoms with Crippen molar-refractivity contribution in [2.75, 3.05) is 0 Å². The van der Waals surface area contributed by atoms with E-state index in [4.69, 9.17) is 4.98 Å². The first-order valence-corrected chi connectivity index (χ1v) is 17.3. The summed E-state index contributed by atoms with van der Waals surface area (Å²) in [6, 6.07) is 69.0. The van der Waals surface area contributed by atoms with Gasteiger partial charge in [0.25, 0.3) is 0 Å². The fraction of sp³-hybridized carbons (Fsp3) is 0.0204. The summed E-state index contributed by atoms with van der Waals surface area (Å²) in [6.45, 7) is 0. The minimum atomic E-state index is -0.607. The highest BCUT2D eigenvalue weighted by Crippen LogP contribution is 2.60. The van der Waals surface area contributed by atoms with Gasteiger partial charge in [0.1, 0.15) is 0 Å². The van der Waals surface area contributed by atoms with Crippen LogP contribution in [0.5, 0.6) is 0 Å². The Morgan fingerprint density at radius 3 is 1.31 bits per heavy atom. The van der Waals surface area contributed by atoms with Gasteiger partial charge in [0.2, 0.25) is 0 Å². The Balaban J connectivity index is 1.25.